The molecule has 0 aliphatic heterocycles. The van der Waals surface area contributed by atoms with Crippen LogP contribution in [0.15, 0.2) is 18.2 Å². The molecule has 0 heterocycles. The van der Waals surface area contributed by atoms with Crippen molar-refractivity contribution in [3.8, 4) is 5.75 Å². The van der Waals surface area contributed by atoms with E-state index in [0.29, 0.717) is 11.2 Å². The molecule has 1 aromatic carbocycles. The first kappa shape index (κ1) is 10.9. The highest BCUT2D eigenvalue weighted by Crippen LogP contribution is 2.58. The predicted octanol–water partition coefficient (Wildman–Crippen LogP) is 4.18. The summed E-state index contributed by atoms with van der Waals surface area (Å²) in [6.07, 6.45) is 11.1. The molecule has 96 valence electrons. The van der Waals surface area contributed by atoms with E-state index in [1.807, 2.05) is 6.07 Å². The molecule has 2 saturated carbocycles. The lowest BCUT2D eigenvalue weighted by molar-refractivity contribution is 0.0521. The van der Waals surface area contributed by atoms with E-state index < -0.39 is 0 Å². The molecule has 1 heteroatoms. The van der Waals surface area contributed by atoms with Gasteiger partial charge in [0.25, 0.3) is 0 Å². The van der Waals surface area contributed by atoms with Crippen molar-refractivity contribution in [2.75, 3.05) is 0 Å². The van der Waals surface area contributed by atoms with E-state index in [1.165, 1.54) is 62.5 Å². The number of fused-ring (bicyclic) bond motifs is 1. The Morgan fingerprint density at radius 3 is 2.89 bits per heavy atom. The van der Waals surface area contributed by atoms with E-state index in [2.05, 4.69) is 12.1 Å². The lowest BCUT2D eigenvalue weighted by Gasteiger charge is -2.55. The van der Waals surface area contributed by atoms with Gasteiger partial charge in [-0.15, -0.1) is 0 Å². The fraction of sp³-hybridized carbons (Fsp3) is 0.647. The zero-order chi connectivity index (χ0) is 12.2. The zero-order valence-corrected chi connectivity index (χ0v) is 11.0. The average Bonchev–Trinajstić information content (AvgIpc) is 2.40. The number of phenols is 1. The summed E-state index contributed by atoms with van der Waals surface area (Å²) in [6.45, 7) is 0. The number of benzene rings is 1. The second kappa shape index (κ2) is 3.76. The second-order valence-corrected chi connectivity index (χ2v) is 6.71. The monoisotopic (exact) mass is 242 g/mol. The Morgan fingerprint density at radius 2 is 1.94 bits per heavy atom. The highest BCUT2D eigenvalue weighted by molar-refractivity contribution is 5.44. The lowest BCUT2D eigenvalue weighted by Crippen LogP contribution is -2.49. The normalized spacial score (nSPS) is 37.8. The highest BCUT2D eigenvalue weighted by atomic mass is 16.3. The number of aromatic hydroxyl groups is 1. The third-order valence-electron chi connectivity index (χ3n) is 5.98. The molecule has 0 aromatic heterocycles. The Morgan fingerprint density at radius 1 is 1.06 bits per heavy atom. The molecule has 1 aromatic rings. The van der Waals surface area contributed by atoms with Crippen LogP contribution in [0.5, 0.6) is 5.75 Å². The van der Waals surface area contributed by atoms with Crippen molar-refractivity contribution in [3.05, 3.63) is 29.3 Å². The van der Waals surface area contributed by atoms with Crippen LogP contribution in [0.4, 0.5) is 0 Å². The van der Waals surface area contributed by atoms with Crippen LogP contribution in [0, 0.1) is 11.8 Å². The van der Waals surface area contributed by atoms with Gasteiger partial charge in [0, 0.05) is 0 Å². The molecule has 0 spiro atoms. The van der Waals surface area contributed by atoms with Gasteiger partial charge in [-0.3, -0.25) is 0 Å². The van der Waals surface area contributed by atoms with Crippen LogP contribution in [0.1, 0.15) is 56.1 Å². The molecule has 3 aliphatic rings. The Hall–Kier alpha value is -0.980. The van der Waals surface area contributed by atoms with Gasteiger partial charge in [0.15, 0.2) is 0 Å². The molecule has 3 atom stereocenters. The molecule has 1 N–H and O–H groups in total. The van der Waals surface area contributed by atoms with Crippen LogP contribution in [0.3, 0.4) is 0 Å². The summed E-state index contributed by atoms with van der Waals surface area (Å²) in [6, 6.07) is 6.17. The lowest BCUT2D eigenvalue weighted by atomic mass is 9.49. The fourth-order valence-electron chi connectivity index (χ4n) is 5.35. The smallest absolute Gasteiger partial charge is 0.115 e. The first-order chi connectivity index (χ1) is 8.79. The van der Waals surface area contributed by atoms with Gasteiger partial charge in [-0.25, -0.2) is 0 Å². The topological polar surface area (TPSA) is 20.2 Å². The van der Waals surface area contributed by atoms with Crippen molar-refractivity contribution >= 4 is 0 Å². The minimum atomic E-state index is 0.438. The molecule has 18 heavy (non-hydrogen) atoms. The average molecular weight is 242 g/mol. The van der Waals surface area contributed by atoms with Gasteiger partial charge in [0.2, 0.25) is 0 Å². The number of phenolic OH excluding ortho intramolecular Hbond substituents is 1. The number of hydrogen-bond donors (Lipinski definition) is 1. The van der Waals surface area contributed by atoms with Crippen LogP contribution < -0.4 is 0 Å². The number of hydrogen-bond acceptors (Lipinski definition) is 1. The zero-order valence-electron chi connectivity index (χ0n) is 11.0. The van der Waals surface area contributed by atoms with Gasteiger partial charge in [-0.05, 0) is 72.6 Å². The van der Waals surface area contributed by atoms with Crippen molar-refractivity contribution in [2.24, 2.45) is 11.8 Å². The second-order valence-electron chi connectivity index (χ2n) is 6.71. The van der Waals surface area contributed by atoms with Gasteiger partial charge in [0.05, 0.1) is 0 Å². The highest BCUT2D eigenvalue weighted by Gasteiger charge is 2.51. The molecule has 2 fully saturated rings. The maximum Gasteiger partial charge on any atom is 0.115 e. The molecular weight excluding hydrogens is 220 g/mol. The van der Waals surface area contributed by atoms with Gasteiger partial charge in [-0.1, -0.05) is 25.3 Å². The van der Waals surface area contributed by atoms with Gasteiger partial charge >= 0.3 is 0 Å². The maximum absolute atomic E-state index is 9.87. The first-order valence-corrected chi connectivity index (χ1v) is 7.62. The van der Waals surface area contributed by atoms with Crippen LogP contribution in [0.2, 0.25) is 0 Å². The summed E-state index contributed by atoms with van der Waals surface area (Å²) in [5, 5.41) is 9.87. The van der Waals surface area contributed by atoms with E-state index in [1.54, 1.807) is 0 Å². The molecule has 3 aliphatic carbocycles. The minimum Gasteiger partial charge on any atom is -0.508 e. The summed E-state index contributed by atoms with van der Waals surface area (Å²) >= 11 is 0. The van der Waals surface area contributed by atoms with E-state index >= 15 is 0 Å². The van der Waals surface area contributed by atoms with Crippen LogP contribution in [-0.4, -0.2) is 5.11 Å². The summed E-state index contributed by atoms with van der Waals surface area (Å²) in [7, 11) is 0. The van der Waals surface area contributed by atoms with E-state index in [0.717, 1.165) is 11.8 Å². The molecule has 1 nitrogen and oxygen atoms in total. The summed E-state index contributed by atoms with van der Waals surface area (Å²) in [5.41, 5.74) is 3.49. The molecule has 0 amide bonds. The molecule has 4 rings (SSSR count). The number of rotatable bonds is 0. The Balaban J connectivity index is 1.91. The summed E-state index contributed by atoms with van der Waals surface area (Å²) < 4.78 is 0. The molecular formula is C17H22O. The van der Waals surface area contributed by atoms with Crippen LogP contribution >= 0.6 is 0 Å². The van der Waals surface area contributed by atoms with E-state index in [-0.39, 0.29) is 0 Å². The predicted molar refractivity (Wildman–Crippen MR) is 72.8 cm³/mol. The first-order valence-electron chi connectivity index (χ1n) is 7.62. The minimum absolute atomic E-state index is 0.438. The van der Waals surface area contributed by atoms with Crippen LogP contribution in [-0.2, 0) is 11.8 Å². The summed E-state index contributed by atoms with van der Waals surface area (Å²) in [5.74, 6) is 2.31. The molecule has 0 saturated heterocycles. The van der Waals surface area contributed by atoms with Crippen molar-refractivity contribution in [1.82, 2.24) is 0 Å². The summed E-state index contributed by atoms with van der Waals surface area (Å²) in [4.78, 5) is 0. The van der Waals surface area contributed by atoms with Gasteiger partial charge in [-0.2, -0.15) is 0 Å². The maximum atomic E-state index is 9.87. The largest absolute Gasteiger partial charge is 0.508 e. The van der Waals surface area contributed by atoms with E-state index in [4.69, 9.17) is 0 Å². The van der Waals surface area contributed by atoms with Gasteiger partial charge in [0.1, 0.15) is 5.75 Å². The fourth-order valence-corrected chi connectivity index (χ4v) is 5.35. The quantitative estimate of drug-likeness (QED) is 0.723. The third-order valence-corrected chi connectivity index (χ3v) is 5.98. The van der Waals surface area contributed by atoms with Crippen LogP contribution in [0.25, 0.3) is 0 Å². The third kappa shape index (κ3) is 1.34. The van der Waals surface area contributed by atoms with Gasteiger partial charge < -0.3 is 5.11 Å². The SMILES string of the molecule is Oc1ccc2c(c1)[C@@]13CCCC[C@H]1[C@H](CCC3)C2. The Labute approximate surface area is 109 Å². The Bertz CT molecular complexity index is 474. The Kier molecular flexibility index (Phi) is 2.27. The standard InChI is InChI=1S/C17H22O/c18-14-7-6-13-10-12-4-3-9-17(16(13)11-14)8-2-1-5-15(12)17/h6-7,11-12,15,18H,1-5,8-10H2/t12-,15+,17-/m1/s1. The molecule has 0 radical (unpaired) electrons. The van der Waals surface area contributed by atoms with Crippen molar-refractivity contribution in [2.45, 2.75) is 56.8 Å². The van der Waals surface area contributed by atoms with Crippen molar-refractivity contribution < 1.29 is 5.11 Å². The molecule has 0 unspecified atom stereocenters. The van der Waals surface area contributed by atoms with Crippen molar-refractivity contribution in [3.63, 3.8) is 0 Å². The van der Waals surface area contributed by atoms with E-state index in [9.17, 15) is 5.11 Å². The van der Waals surface area contributed by atoms with Crippen molar-refractivity contribution in [1.29, 1.82) is 0 Å². The molecule has 2 bridgehead atoms.